The lowest BCUT2D eigenvalue weighted by Gasteiger charge is -2.20. The van der Waals surface area contributed by atoms with Crippen LogP contribution in [0.2, 0.25) is 0 Å². The summed E-state index contributed by atoms with van der Waals surface area (Å²) in [7, 11) is 0. The Hall–Kier alpha value is -1.88. The fourth-order valence-corrected chi connectivity index (χ4v) is 2.66. The van der Waals surface area contributed by atoms with Crippen molar-refractivity contribution in [1.29, 1.82) is 0 Å². The van der Waals surface area contributed by atoms with E-state index in [2.05, 4.69) is 0 Å². The molecule has 0 bridgehead atoms. The highest BCUT2D eigenvalue weighted by molar-refractivity contribution is 5.83. The molecule has 1 aliphatic rings. The Bertz CT molecular complexity index is 489. The summed E-state index contributed by atoms with van der Waals surface area (Å²) in [4.78, 5) is 24.9. The second-order valence-electron chi connectivity index (χ2n) is 5.46. The number of nitrogens with zero attached hydrogens (tertiary/aromatic N) is 1. The van der Waals surface area contributed by atoms with E-state index >= 15 is 0 Å². The number of amides is 1. The number of carboxylic acids is 1. The van der Waals surface area contributed by atoms with Crippen LogP contribution in [0.25, 0.3) is 0 Å². The van der Waals surface area contributed by atoms with Crippen molar-refractivity contribution in [3.05, 3.63) is 35.9 Å². The number of aliphatic carboxylic acids is 1. The van der Waals surface area contributed by atoms with E-state index in [9.17, 15) is 9.59 Å². The Morgan fingerprint density at radius 2 is 2.00 bits per heavy atom. The summed E-state index contributed by atoms with van der Waals surface area (Å²) in [5.41, 5.74) is 6.97. The molecule has 1 heterocycles. The van der Waals surface area contributed by atoms with Gasteiger partial charge >= 0.3 is 5.97 Å². The molecule has 1 aromatic carbocycles. The molecule has 3 N–H and O–H groups in total. The molecule has 5 heteroatoms. The van der Waals surface area contributed by atoms with Crippen molar-refractivity contribution in [2.45, 2.75) is 19.4 Å². The van der Waals surface area contributed by atoms with Crippen molar-refractivity contribution in [1.82, 2.24) is 4.90 Å². The van der Waals surface area contributed by atoms with Gasteiger partial charge in [-0.25, -0.2) is 0 Å². The summed E-state index contributed by atoms with van der Waals surface area (Å²) in [6, 6.07) is 8.98. The van der Waals surface area contributed by atoms with Crippen LogP contribution in [0.4, 0.5) is 0 Å². The molecular weight excluding hydrogens is 256 g/mol. The van der Waals surface area contributed by atoms with Crippen LogP contribution in [-0.4, -0.2) is 41.0 Å². The maximum absolute atomic E-state index is 12.3. The van der Waals surface area contributed by atoms with Crippen molar-refractivity contribution in [3.63, 3.8) is 0 Å². The first-order valence-corrected chi connectivity index (χ1v) is 6.80. The average Bonchev–Trinajstić information content (AvgIpc) is 2.81. The fraction of sp³-hybridized carbons (Fsp3) is 0.467. The number of carbonyl (C=O) groups is 2. The van der Waals surface area contributed by atoms with Crippen LogP contribution in [0.1, 0.15) is 12.5 Å². The first-order valence-electron chi connectivity index (χ1n) is 6.80. The molecule has 1 aromatic rings. The molecule has 0 radical (unpaired) electrons. The standard InChI is InChI=1S/C15H20N2O3/c1-10-8-17(9-12(10)15(19)20)14(18)13(16)7-11-5-3-2-4-6-11/h2-6,10,12-13H,7-9,16H2,1H3,(H,19,20)/t10?,12?,13-/m0/s1. The molecular formula is C15H20N2O3. The lowest BCUT2D eigenvalue weighted by atomic mass is 9.99. The number of hydrogen-bond donors (Lipinski definition) is 2. The third kappa shape index (κ3) is 3.17. The van der Waals surface area contributed by atoms with Gasteiger partial charge in [0.2, 0.25) is 5.91 Å². The van der Waals surface area contributed by atoms with Crippen LogP contribution < -0.4 is 5.73 Å². The first kappa shape index (κ1) is 14.5. The van der Waals surface area contributed by atoms with Crippen molar-refractivity contribution in [2.24, 2.45) is 17.6 Å². The van der Waals surface area contributed by atoms with Gasteiger partial charge < -0.3 is 15.7 Å². The molecule has 1 aliphatic heterocycles. The van der Waals surface area contributed by atoms with Crippen LogP contribution >= 0.6 is 0 Å². The third-order valence-electron chi connectivity index (χ3n) is 3.86. The minimum Gasteiger partial charge on any atom is -0.481 e. The monoisotopic (exact) mass is 276 g/mol. The number of benzene rings is 1. The molecule has 5 nitrogen and oxygen atoms in total. The minimum absolute atomic E-state index is 0.0274. The summed E-state index contributed by atoms with van der Waals surface area (Å²) in [5, 5.41) is 9.09. The number of likely N-dealkylation sites (tertiary alicyclic amines) is 1. The van der Waals surface area contributed by atoms with Gasteiger partial charge in [-0.05, 0) is 17.9 Å². The molecule has 0 spiro atoms. The Labute approximate surface area is 118 Å². The Balaban J connectivity index is 1.96. The highest BCUT2D eigenvalue weighted by Crippen LogP contribution is 2.23. The number of rotatable bonds is 4. The molecule has 1 fully saturated rings. The third-order valence-corrected chi connectivity index (χ3v) is 3.86. The molecule has 1 amide bonds. The summed E-state index contributed by atoms with van der Waals surface area (Å²) in [5.74, 6) is -1.52. The maximum atomic E-state index is 12.3. The first-order chi connectivity index (χ1) is 9.49. The zero-order valence-electron chi connectivity index (χ0n) is 11.5. The average molecular weight is 276 g/mol. The zero-order chi connectivity index (χ0) is 14.7. The molecule has 3 atom stereocenters. The molecule has 0 aliphatic carbocycles. The second kappa shape index (κ2) is 6.05. The molecule has 2 rings (SSSR count). The van der Waals surface area contributed by atoms with Crippen molar-refractivity contribution >= 4 is 11.9 Å². The van der Waals surface area contributed by atoms with E-state index in [4.69, 9.17) is 10.8 Å². The molecule has 1 saturated heterocycles. The van der Waals surface area contributed by atoms with Crippen LogP contribution in [-0.2, 0) is 16.0 Å². The lowest BCUT2D eigenvalue weighted by molar-refractivity contribution is -0.142. The Morgan fingerprint density at radius 3 is 2.55 bits per heavy atom. The van der Waals surface area contributed by atoms with Gasteiger partial charge in [0.05, 0.1) is 12.0 Å². The van der Waals surface area contributed by atoms with Gasteiger partial charge in [0.25, 0.3) is 0 Å². The van der Waals surface area contributed by atoms with Crippen molar-refractivity contribution in [2.75, 3.05) is 13.1 Å². The minimum atomic E-state index is -0.843. The number of carboxylic acid groups (broad SMARTS) is 1. The SMILES string of the molecule is CC1CN(C(=O)[C@@H](N)Cc2ccccc2)CC1C(=O)O. The summed E-state index contributed by atoms with van der Waals surface area (Å²) in [6.07, 6.45) is 0.474. The second-order valence-corrected chi connectivity index (χ2v) is 5.46. The maximum Gasteiger partial charge on any atom is 0.308 e. The van der Waals surface area contributed by atoms with Crippen LogP contribution in [0.15, 0.2) is 30.3 Å². The summed E-state index contributed by atoms with van der Waals surface area (Å²) in [6.45, 7) is 2.59. The normalized spacial score (nSPS) is 23.6. The van der Waals surface area contributed by atoms with E-state index < -0.39 is 17.9 Å². The van der Waals surface area contributed by atoms with Crippen molar-refractivity contribution < 1.29 is 14.7 Å². The zero-order valence-corrected chi connectivity index (χ0v) is 11.5. The molecule has 108 valence electrons. The molecule has 0 aromatic heterocycles. The van der Waals surface area contributed by atoms with Crippen molar-refractivity contribution in [3.8, 4) is 0 Å². The summed E-state index contributed by atoms with van der Waals surface area (Å²) < 4.78 is 0. The number of nitrogens with two attached hydrogens (primary N) is 1. The highest BCUT2D eigenvalue weighted by Gasteiger charge is 2.38. The quantitative estimate of drug-likeness (QED) is 0.849. The number of hydrogen-bond acceptors (Lipinski definition) is 3. The molecule has 0 saturated carbocycles. The van der Waals surface area contributed by atoms with E-state index in [0.29, 0.717) is 13.0 Å². The predicted octanol–water partition coefficient (Wildman–Crippen LogP) is 0.735. The fourth-order valence-electron chi connectivity index (χ4n) is 2.66. The molecule has 2 unspecified atom stereocenters. The molecule has 20 heavy (non-hydrogen) atoms. The van der Waals surface area contributed by atoms with Crippen LogP contribution in [0.3, 0.4) is 0 Å². The van der Waals surface area contributed by atoms with Gasteiger partial charge in [0, 0.05) is 13.1 Å². The topological polar surface area (TPSA) is 83.6 Å². The summed E-state index contributed by atoms with van der Waals surface area (Å²) >= 11 is 0. The number of carbonyl (C=O) groups excluding carboxylic acids is 1. The van der Waals surface area contributed by atoms with E-state index in [0.717, 1.165) is 5.56 Å². The largest absolute Gasteiger partial charge is 0.481 e. The predicted molar refractivity (Wildman–Crippen MR) is 75.0 cm³/mol. The van der Waals surface area contributed by atoms with Gasteiger partial charge in [0.15, 0.2) is 0 Å². The van der Waals surface area contributed by atoms with Gasteiger partial charge in [-0.1, -0.05) is 37.3 Å². The van der Waals surface area contributed by atoms with Gasteiger partial charge in [-0.3, -0.25) is 9.59 Å². The van der Waals surface area contributed by atoms with Gasteiger partial charge in [-0.15, -0.1) is 0 Å². The van der Waals surface area contributed by atoms with Crippen LogP contribution in [0, 0.1) is 11.8 Å². The van der Waals surface area contributed by atoms with Gasteiger partial charge in [0.1, 0.15) is 0 Å². The van der Waals surface area contributed by atoms with E-state index in [1.165, 1.54) is 0 Å². The van der Waals surface area contributed by atoms with E-state index in [-0.39, 0.29) is 18.4 Å². The Morgan fingerprint density at radius 1 is 1.35 bits per heavy atom. The van der Waals surface area contributed by atoms with E-state index in [1.54, 1.807) is 4.90 Å². The van der Waals surface area contributed by atoms with E-state index in [1.807, 2.05) is 37.3 Å². The van der Waals surface area contributed by atoms with Crippen LogP contribution in [0.5, 0.6) is 0 Å². The lowest BCUT2D eigenvalue weighted by Crippen LogP contribution is -2.44. The smallest absolute Gasteiger partial charge is 0.308 e. The van der Waals surface area contributed by atoms with Gasteiger partial charge in [-0.2, -0.15) is 0 Å². The highest BCUT2D eigenvalue weighted by atomic mass is 16.4. The Kier molecular flexibility index (Phi) is 4.39.